The van der Waals surface area contributed by atoms with Gasteiger partial charge in [-0.15, -0.1) is 10.2 Å². The van der Waals surface area contributed by atoms with Crippen LogP contribution in [0.25, 0.3) is 11.4 Å². The minimum Gasteiger partial charge on any atom is -0.461 e. The number of carbonyl (C=O) groups excluding carboxylic acids is 1. The lowest BCUT2D eigenvalue weighted by atomic mass is 10.2. The molecule has 0 saturated heterocycles. The maximum Gasteiger partial charge on any atom is 0.364 e. The molecular weight excluding hydrogens is 344 g/mol. The Labute approximate surface area is 148 Å². The van der Waals surface area contributed by atoms with E-state index < -0.39 is 5.97 Å². The molecule has 2 aromatic heterocycles. The number of ether oxygens (including phenoxy) is 2. The van der Waals surface area contributed by atoms with E-state index in [2.05, 4.69) is 20.2 Å². The molecule has 0 unspecified atom stereocenters. The highest BCUT2D eigenvalue weighted by molar-refractivity contribution is 6.29. The molecule has 0 aliphatic heterocycles. The third kappa shape index (κ3) is 4.07. The van der Waals surface area contributed by atoms with E-state index in [-0.39, 0.29) is 18.2 Å². The Bertz CT molecular complexity index is 873. The van der Waals surface area contributed by atoms with Gasteiger partial charge in [0.1, 0.15) is 10.9 Å². The summed E-state index contributed by atoms with van der Waals surface area (Å²) in [4.78, 5) is 20.3. The quantitative estimate of drug-likeness (QED) is 0.510. The van der Waals surface area contributed by atoms with Crippen LogP contribution in [0.3, 0.4) is 0 Å². The number of hydrogen-bond acceptors (Lipinski definition) is 7. The Hall–Kier alpha value is -3.06. The van der Waals surface area contributed by atoms with Crippen molar-refractivity contribution in [2.45, 2.75) is 6.92 Å². The van der Waals surface area contributed by atoms with Crippen molar-refractivity contribution in [1.82, 2.24) is 20.2 Å². The van der Waals surface area contributed by atoms with Crippen molar-refractivity contribution in [3.05, 3.63) is 59.5 Å². The van der Waals surface area contributed by atoms with Crippen molar-refractivity contribution in [2.75, 3.05) is 6.61 Å². The van der Waals surface area contributed by atoms with Gasteiger partial charge < -0.3 is 9.47 Å². The summed E-state index contributed by atoms with van der Waals surface area (Å²) in [6.45, 7) is 1.89. The van der Waals surface area contributed by atoms with E-state index in [0.29, 0.717) is 16.7 Å². The van der Waals surface area contributed by atoms with Crippen molar-refractivity contribution < 1.29 is 14.3 Å². The number of carbonyl (C=O) groups is 1. The minimum atomic E-state index is -0.668. The zero-order chi connectivity index (χ0) is 17.6. The van der Waals surface area contributed by atoms with Crippen LogP contribution in [0, 0.1) is 0 Å². The Morgan fingerprint density at radius 3 is 2.60 bits per heavy atom. The minimum absolute atomic E-state index is 0.0172. The first-order valence-electron chi connectivity index (χ1n) is 7.44. The molecule has 0 fully saturated rings. The van der Waals surface area contributed by atoms with Gasteiger partial charge in [-0.2, -0.15) is 4.98 Å². The number of hydrogen-bond donors (Lipinski definition) is 0. The molecule has 1 aromatic carbocycles. The van der Waals surface area contributed by atoms with Gasteiger partial charge in [-0.3, -0.25) is 0 Å². The molecule has 0 radical (unpaired) electrons. The van der Waals surface area contributed by atoms with Gasteiger partial charge in [0.05, 0.1) is 12.8 Å². The van der Waals surface area contributed by atoms with Crippen LogP contribution in [0.4, 0.5) is 0 Å². The summed E-state index contributed by atoms with van der Waals surface area (Å²) < 4.78 is 10.6. The molecule has 0 saturated carbocycles. The number of pyridine rings is 1. The number of rotatable bonds is 5. The first kappa shape index (κ1) is 16.8. The molecule has 3 aromatic rings. The van der Waals surface area contributed by atoms with Gasteiger partial charge in [0, 0.05) is 5.56 Å². The van der Waals surface area contributed by atoms with Gasteiger partial charge in [0.25, 0.3) is 5.88 Å². The summed E-state index contributed by atoms with van der Waals surface area (Å²) in [6.07, 6.45) is 1.42. The normalized spacial score (nSPS) is 10.3. The molecule has 7 nitrogen and oxygen atoms in total. The number of esters is 1. The van der Waals surface area contributed by atoms with Gasteiger partial charge in [0.2, 0.25) is 5.69 Å². The van der Waals surface area contributed by atoms with E-state index in [1.807, 2.05) is 30.3 Å². The maximum absolute atomic E-state index is 12.1. The Kier molecular flexibility index (Phi) is 5.15. The lowest BCUT2D eigenvalue weighted by molar-refractivity contribution is 0.0514. The predicted octanol–water partition coefficient (Wildman–Crippen LogP) is 3.56. The van der Waals surface area contributed by atoms with Crippen molar-refractivity contribution in [2.24, 2.45) is 0 Å². The standard InChI is InChI=1S/C17H13ClN4O3/c1-2-24-17(23)14-16(25-12-8-9-13(18)19-10-12)20-15(22-21-14)11-6-4-3-5-7-11/h3-10H,2H2,1H3. The van der Waals surface area contributed by atoms with Crippen LogP contribution in [-0.4, -0.2) is 32.7 Å². The van der Waals surface area contributed by atoms with Gasteiger partial charge in [-0.05, 0) is 19.1 Å². The van der Waals surface area contributed by atoms with Crippen LogP contribution in [0.2, 0.25) is 5.15 Å². The van der Waals surface area contributed by atoms with Crippen LogP contribution in [0.1, 0.15) is 17.4 Å². The summed E-state index contributed by atoms with van der Waals surface area (Å²) in [7, 11) is 0. The van der Waals surface area contributed by atoms with Gasteiger partial charge in [0.15, 0.2) is 5.82 Å². The smallest absolute Gasteiger partial charge is 0.364 e. The molecule has 0 bridgehead atoms. The third-order valence-corrected chi connectivity index (χ3v) is 3.29. The fourth-order valence-corrected chi connectivity index (χ4v) is 2.07. The lowest BCUT2D eigenvalue weighted by Crippen LogP contribution is -2.12. The molecule has 25 heavy (non-hydrogen) atoms. The molecule has 3 rings (SSSR count). The molecule has 2 heterocycles. The van der Waals surface area contributed by atoms with E-state index >= 15 is 0 Å². The summed E-state index contributed by atoms with van der Waals surface area (Å²) >= 11 is 5.76. The van der Waals surface area contributed by atoms with Gasteiger partial charge >= 0.3 is 5.97 Å². The summed E-state index contributed by atoms with van der Waals surface area (Å²) in [5.74, 6) is -0.00417. The number of nitrogens with zero attached hydrogens (tertiary/aromatic N) is 4. The van der Waals surface area contributed by atoms with Crippen LogP contribution >= 0.6 is 11.6 Å². The van der Waals surface area contributed by atoms with Crippen molar-refractivity contribution in [3.8, 4) is 23.0 Å². The third-order valence-electron chi connectivity index (χ3n) is 3.07. The highest BCUT2D eigenvalue weighted by atomic mass is 35.5. The SMILES string of the molecule is CCOC(=O)c1nnc(-c2ccccc2)nc1Oc1ccc(Cl)nc1. The fraction of sp³-hybridized carbons (Fsp3) is 0.118. The number of benzene rings is 1. The molecule has 0 N–H and O–H groups in total. The van der Waals surface area contributed by atoms with E-state index in [1.54, 1.807) is 19.1 Å². The second-order valence-electron chi connectivity index (χ2n) is 4.79. The van der Waals surface area contributed by atoms with Crippen LogP contribution in [0.15, 0.2) is 48.7 Å². The van der Waals surface area contributed by atoms with Gasteiger partial charge in [-0.25, -0.2) is 9.78 Å². The average Bonchev–Trinajstić information content (AvgIpc) is 2.64. The monoisotopic (exact) mass is 356 g/mol. The predicted molar refractivity (Wildman–Crippen MR) is 90.5 cm³/mol. The summed E-state index contributed by atoms with van der Waals surface area (Å²) in [6, 6.07) is 12.4. The van der Waals surface area contributed by atoms with Gasteiger partial charge in [-0.1, -0.05) is 41.9 Å². The zero-order valence-electron chi connectivity index (χ0n) is 13.2. The molecule has 0 spiro atoms. The molecule has 0 amide bonds. The van der Waals surface area contributed by atoms with E-state index in [0.717, 1.165) is 5.56 Å². The maximum atomic E-state index is 12.1. The highest BCUT2D eigenvalue weighted by Crippen LogP contribution is 2.25. The average molecular weight is 357 g/mol. The fourth-order valence-electron chi connectivity index (χ4n) is 1.95. The van der Waals surface area contributed by atoms with Crippen molar-refractivity contribution in [1.29, 1.82) is 0 Å². The molecular formula is C17H13ClN4O3. The van der Waals surface area contributed by atoms with Crippen molar-refractivity contribution in [3.63, 3.8) is 0 Å². The van der Waals surface area contributed by atoms with Crippen LogP contribution in [-0.2, 0) is 4.74 Å². The highest BCUT2D eigenvalue weighted by Gasteiger charge is 2.21. The summed E-state index contributed by atoms with van der Waals surface area (Å²) in [5, 5.41) is 8.24. The first-order valence-corrected chi connectivity index (χ1v) is 7.82. The Morgan fingerprint density at radius 2 is 1.92 bits per heavy atom. The van der Waals surface area contributed by atoms with Crippen LogP contribution in [0.5, 0.6) is 11.6 Å². The second-order valence-corrected chi connectivity index (χ2v) is 5.18. The molecule has 8 heteroatoms. The Morgan fingerprint density at radius 1 is 1.12 bits per heavy atom. The molecule has 0 atom stereocenters. The number of aromatic nitrogens is 4. The zero-order valence-corrected chi connectivity index (χ0v) is 14.0. The van der Waals surface area contributed by atoms with Crippen LogP contribution < -0.4 is 4.74 Å². The first-order chi connectivity index (χ1) is 12.2. The van der Waals surface area contributed by atoms with E-state index in [1.165, 1.54) is 6.20 Å². The second kappa shape index (κ2) is 7.67. The van der Waals surface area contributed by atoms with E-state index in [4.69, 9.17) is 21.1 Å². The molecule has 0 aliphatic rings. The largest absolute Gasteiger partial charge is 0.461 e. The lowest BCUT2D eigenvalue weighted by Gasteiger charge is -2.09. The topological polar surface area (TPSA) is 87.1 Å². The number of halogens is 1. The summed E-state index contributed by atoms with van der Waals surface area (Å²) in [5.41, 5.74) is 0.626. The molecule has 0 aliphatic carbocycles. The van der Waals surface area contributed by atoms with Crippen molar-refractivity contribution >= 4 is 17.6 Å². The Balaban J connectivity index is 2.01. The molecule has 126 valence electrons. The van der Waals surface area contributed by atoms with E-state index in [9.17, 15) is 4.79 Å².